The first kappa shape index (κ1) is 23.5. The van der Waals surface area contributed by atoms with Gasteiger partial charge in [0.15, 0.2) is 10.8 Å². The van der Waals surface area contributed by atoms with Crippen LogP contribution in [0.2, 0.25) is 0 Å². The predicted octanol–water partition coefficient (Wildman–Crippen LogP) is 6.92. The highest BCUT2D eigenvalue weighted by Crippen LogP contribution is 2.38. The molecule has 0 aliphatic carbocycles. The molecule has 4 rings (SSSR count). The smallest absolute Gasteiger partial charge is 0.259 e. The maximum atomic E-state index is 13.4. The number of anilines is 2. The van der Waals surface area contributed by atoms with Crippen molar-refractivity contribution in [2.75, 3.05) is 9.80 Å². The van der Waals surface area contributed by atoms with Crippen molar-refractivity contribution in [2.45, 2.75) is 46.3 Å². The fourth-order valence-electron chi connectivity index (χ4n) is 4.16. The van der Waals surface area contributed by atoms with E-state index in [1.165, 1.54) is 0 Å². The van der Waals surface area contributed by atoms with Gasteiger partial charge in [0, 0.05) is 11.4 Å². The highest BCUT2D eigenvalue weighted by molar-refractivity contribution is 7.81. The molecule has 1 fully saturated rings. The van der Waals surface area contributed by atoms with E-state index < -0.39 is 5.54 Å². The summed E-state index contributed by atoms with van der Waals surface area (Å²) in [6, 6.07) is 21.4. The monoisotopic (exact) mass is 469 g/mol. The molecule has 6 heteroatoms. The molecule has 1 aliphatic heterocycles. The van der Waals surface area contributed by atoms with Crippen molar-refractivity contribution in [3.8, 4) is 16.9 Å². The first-order valence-electron chi connectivity index (χ1n) is 11.2. The number of rotatable bonds is 5. The highest BCUT2D eigenvalue weighted by Gasteiger charge is 2.50. The average molecular weight is 470 g/mol. The lowest BCUT2D eigenvalue weighted by Gasteiger charge is -2.29. The van der Waals surface area contributed by atoms with E-state index in [-0.39, 0.29) is 12.0 Å². The summed E-state index contributed by atoms with van der Waals surface area (Å²) >= 11 is 5.79. The number of carbonyl (C=O) groups is 1. The largest absolute Gasteiger partial charge is 0.491 e. The van der Waals surface area contributed by atoms with Crippen molar-refractivity contribution >= 4 is 40.3 Å². The van der Waals surface area contributed by atoms with Gasteiger partial charge >= 0.3 is 0 Å². The maximum absolute atomic E-state index is 13.4. The predicted molar refractivity (Wildman–Crippen MR) is 142 cm³/mol. The van der Waals surface area contributed by atoms with Crippen LogP contribution in [0.15, 0.2) is 66.7 Å². The molecule has 172 valence electrons. The molecule has 0 unspecified atom stereocenters. The Kier molecular flexibility index (Phi) is 6.16. The summed E-state index contributed by atoms with van der Waals surface area (Å²) < 4.78 is 5.73. The summed E-state index contributed by atoms with van der Waals surface area (Å²) in [6.07, 6.45) is 0.134. The van der Waals surface area contributed by atoms with Gasteiger partial charge in [-0.05, 0) is 99.9 Å². The van der Waals surface area contributed by atoms with E-state index in [4.69, 9.17) is 23.5 Å². The van der Waals surface area contributed by atoms with Crippen molar-refractivity contribution < 1.29 is 9.53 Å². The molecule has 1 saturated heterocycles. The second-order valence-electron chi connectivity index (χ2n) is 9.14. The van der Waals surface area contributed by atoms with Gasteiger partial charge in [0.2, 0.25) is 0 Å². The third-order valence-corrected chi connectivity index (χ3v) is 6.28. The van der Waals surface area contributed by atoms with Crippen LogP contribution in [0.1, 0.15) is 33.3 Å². The van der Waals surface area contributed by atoms with Crippen LogP contribution in [0.3, 0.4) is 0 Å². The Morgan fingerprint density at radius 3 is 2.03 bits per heavy atom. The fourth-order valence-corrected chi connectivity index (χ4v) is 4.68. The summed E-state index contributed by atoms with van der Waals surface area (Å²) in [6.45, 7) is 16.9. The van der Waals surface area contributed by atoms with Crippen molar-refractivity contribution in [3.05, 3.63) is 83.7 Å². The van der Waals surface area contributed by atoms with Crippen LogP contribution in [0, 0.1) is 13.5 Å². The fraction of sp³-hybridized carbons (Fsp3) is 0.250. The molecule has 1 heterocycles. The van der Waals surface area contributed by atoms with Crippen molar-refractivity contribution in [1.29, 1.82) is 0 Å². The van der Waals surface area contributed by atoms with Gasteiger partial charge in [-0.15, -0.1) is 0 Å². The third kappa shape index (κ3) is 4.15. The standard InChI is InChI=1S/C28H27N3O2S/c1-18(2)33-24-14-9-21(10-15-24)20-7-11-22(12-8-20)31-27(34)30(26(32)28(31,4)5)23-13-16-25(29-6)19(3)17-23/h7-18H,1-5H3. The van der Waals surface area contributed by atoms with E-state index in [9.17, 15) is 4.79 Å². The zero-order valence-corrected chi connectivity index (χ0v) is 20.8. The Bertz CT molecular complexity index is 1290. The molecule has 1 amide bonds. The van der Waals surface area contributed by atoms with Crippen LogP contribution in [0.5, 0.6) is 5.75 Å². The van der Waals surface area contributed by atoms with Gasteiger partial charge in [0.1, 0.15) is 11.3 Å². The second-order valence-corrected chi connectivity index (χ2v) is 9.50. The SMILES string of the molecule is [C-]#[N+]c1ccc(N2C(=O)C(C)(C)N(c3ccc(-c4ccc(OC(C)C)cc4)cc3)C2=S)cc1C. The molecule has 5 nitrogen and oxygen atoms in total. The van der Waals surface area contributed by atoms with Gasteiger partial charge in [-0.1, -0.05) is 30.3 Å². The van der Waals surface area contributed by atoms with E-state index in [1.54, 1.807) is 17.0 Å². The number of hydrogen-bond acceptors (Lipinski definition) is 3. The zero-order valence-electron chi connectivity index (χ0n) is 20.0. The van der Waals surface area contributed by atoms with Crippen LogP contribution in [0.4, 0.5) is 17.1 Å². The first-order valence-corrected chi connectivity index (χ1v) is 11.6. The number of amides is 1. The summed E-state index contributed by atoms with van der Waals surface area (Å²) in [5, 5.41) is 0.424. The number of thiocarbonyl (C=S) groups is 1. The van der Waals surface area contributed by atoms with Crippen LogP contribution in [0.25, 0.3) is 16.0 Å². The Morgan fingerprint density at radius 2 is 1.50 bits per heavy atom. The highest BCUT2D eigenvalue weighted by atomic mass is 32.1. The minimum Gasteiger partial charge on any atom is -0.491 e. The topological polar surface area (TPSA) is 37.1 Å². The van der Waals surface area contributed by atoms with Gasteiger partial charge in [-0.3, -0.25) is 9.69 Å². The van der Waals surface area contributed by atoms with Gasteiger partial charge in [0.25, 0.3) is 5.91 Å². The van der Waals surface area contributed by atoms with E-state index >= 15 is 0 Å². The summed E-state index contributed by atoms with van der Waals surface area (Å²) in [4.78, 5) is 20.4. The number of aryl methyl sites for hydroxylation is 1. The van der Waals surface area contributed by atoms with Crippen molar-refractivity contribution in [3.63, 3.8) is 0 Å². The van der Waals surface area contributed by atoms with Crippen LogP contribution < -0.4 is 14.5 Å². The number of ether oxygens (including phenoxy) is 1. The first-order chi connectivity index (χ1) is 16.1. The molecular weight excluding hydrogens is 442 g/mol. The van der Waals surface area contributed by atoms with E-state index in [0.717, 1.165) is 28.1 Å². The Morgan fingerprint density at radius 1 is 0.941 bits per heavy atom. The molecule has 0 aromatic heterocycles. The summed E-state index contributed by atoms with van der Waals surface area (Å²) in [7, 11) is 0. The summed E-state index contributed by atoms with van der Waals surface area (Å²) in [5.74, 6) is 0.745. The van der Waals surface area contributed by atoms with Crippen LogP contribution in [-0.2, 0) is 4.79 Å². The van der Waals surface area contributed by atoms with Gasteiger partial charge < -0.3 is 9.64 Å². The normalized spacial score (nSPS) is 15.1. The minimum atomic E-state index is -0.846. The van der Waals surface area contributed by atoms with Gasteiger partial charge in [-0.2, -0.15) is 0 Å². The van der Waals surface area contributed by atoms with Gasteiger partial charge in [-0.25, -0.2) is 4.85 Å². The molecular formula is C28H27N3O2S. The molecule has 1 aliphatic rings. The Hall–Kier alpha value is -3.69. The van der Waals surface area contributed by atoms with Crippen molar-refractivity contribution in [2.24, 2.45) is 0 Å². The average Bonchev–Trinajstić information content (AvgIpc) is 2.97. The molecule has 0 spiro atoms. The third-order valence-electron chi connectivity index (χ3n) is 5.91. The lowest BCUT2D eigenvalue weighted by atomic mass is 10.0. The van der Waals surface area contributed by atoms with Crippen LogP contribution >= 0.6 is 12.2 Å². The van der Waals surface area contributed by atoms with Gasteiger partial charge in [0.05, 0.1) is 12.7 Å². The van der Waals surface area contributed by atoms with E-state index in [2.05, 4.69) is 4.85 Å². The second kappa shape index (κ2) is 8.92. The maximum Gasteiger partial charge on any atom is 0.259 e. The number of nitrogens with zero attached hydrogens (tertiary/aromatic N) is 3. The quantitative estimate of drug-likeness (QED) is 0.300. The number of carbonyl (C=O) groups excluding carboxylic acids is 1. The lowest BCUT2D eigenvalue weighted by Crippen LogP contribution is -2.44. The van der Waals surface area contributed by atoms with E-state index in [1.807, 2.05) is 94.1 Å². The lowest BCUT2D eigenvalue weighted by molar-refractivity contribution is -0.120. The zero-order chi connectivity index (χ0) is 24.6. The molecule has 0 N–H and O–H groups in total. The molecule has 0 atom stereocenters. The molecule has 0 radical (unpaired) electrons. The molecule has 34 heavy (non-hydrogen) atoms. The Balaban J connectivity index is 1.62. The summed E-state index contributed by atoms with van der Waals surface area (Å²) in [5.41, 5.74) is 4.21. The number of hydrogen-bond donors (Lipinski definition) is 0. The van der Waals surface area contributed by atoms with Crippen molar-refractivity contribution in [1.82, 2.24) is 0 Å². The van der Waals surface area contributed by atoms with E-state index in [0.29, 0.717) is 16.5 Å². The minimum absolute atomic E-state index is 0.0997. The van der Waals surface area contributed by atoms with Crippen LogP contribution in [-0.4, -0.2) is 22.7 Å². The molecule has 3 aromatic carbocycles. The Labute approximate surface area is 206 Å². The molecule has 3 aromatic rings. The number of benzene rings is 3. The molecule has 0 bridgehead atoms. The molecule has 0 saturated carbocycles.